The topological polar surface area (TPSA) is 41.1 Å². The van der Waals surface area contributed by atoms with E-state index >= 15 is 0 Å². The van der Waals surface area contributed by atoms with Gasteiger partial charge in [-0.1, -0.05) is 65.7 Å². The fourth-order valence-electron chi connectivity index (χ4n) is 2.42. The van der Waals surface area contributed by atoms with Crippen LogP contribution in [0.4, 0.5) is 11.4 Å². The van der Waals surface area contributed by atoms with Crippen LogP contribution in [0.3, 0.4) is 0 Å². The van der Waals surface area contributed by atoms with Crippen LogP contribution < -0.4 is 10.6 Å². The molecular weight excluding hydrogens is 355 g/mol. The zero-order valence-corrected chi connectivity index (χ0v) is 14.8. The van der Waals surface area contributed by atoms with Crippen molar-refractivity contribution in [1.29, 1.82) is 0 Å². The average Bonchev–Trinajstić information content (AvgIpc) is 2.64. The van der Waals surface area contributed by atoms with Gasteiger partial charge >= 0.3 is 0 Å². The summed E-state index contributed by atoms with van der Waals surface area (Å²) in [5.74, 6) is -0.262. The first-order valence-corrected chi connectivity index (χ1v) is 8.53. The van der Waals surface area contributed by atoms with E-state index in [1.807, 2.05) is 54.6 Å². The summed E-state index contributed by atoms with van der Waals surface area (Å²) >= 11 is 12.1. The highest BCUT2D eigenvalue weighted by Gasteiger charge is 2.13. The highest BCUT2D eigenvalue weighted by atomic mass is 35.5. The number of anilines is 2. The van der Waals surface area contributed by atoms with Crippen LogP contribution in [0.1, 0.15) is 15.9 Å². The van der Waals surface area contributed by atoms with Crippen molar-refractivity contribution < 1.29 is 4.79 Å². The van der Waals surface area contributed by atoms with Crippen molar-refractivity contribution in [2.24, 2.45) is 0 Å². The van der Waals surface area contributed by atoms with Crippen molar-refractivity contribution in [1.82, 2.24) is 5.32 Å². The summed E-state index contributed by atoms with van der Waals surface area (Å²) < 4.78 is 0. The molecule has 0 saturated heterocycles. The predicted molar refractivity (Wildman–Crippen MR) is 104 cm³/mol. The molecule has 3 aromatic carbocycles. The molecule has 0 radical (unpaired) electrons. The molecule has 0 aliphatic rings. The zero-order valence-electron chi connectivity index (χ0n) is 13.3. The Balaban J connectivity index is 1.73. The molecule has 2 N–H and O–H groups in total. The Bertz CT molecular complexity index is 882. The van der Waals surface area contributed by atoms with E-state index in [1.54, 1.807) is 18.2 Å². The first-order valence-electron chi connectivity index (χ1n) is 7.77. The van der Waals surface area contributed by atoms with E-state index in [-0.39, 0.29) is 10.9 Å². The van der Waals surface area contributed by atoms with Crippen LogP contribution >= 0.6 is 23.2 Å². The fourth-order valence-corrected chi connectivity index (χ4v) is 2.81. The minimum absolute atomic E-state index is 0.261. The van der Waals surface area contributed by atoms with Gasteiger partial charge in [-0.15, -0.1) is 0 Å². The molecule has 0 spiro atoms. The molecule has 0 bridgehead atoms. The SMILES string of the molecule is O=C(NCc1ccccc1Nc1ccccc1)c1cccc(Cl)c1Cl. The molecule has 0 aliphatic carbocycles. The third-order valence-corrected chi connectivity index (χ3v) is 4.52. The van der Waals surface area contributed by atoms with E-state index in [4.69, 9.17) is 23.2 Å². The lowest BCUT2D eigenvalue weighted by Gasteiger charge is -2.13. The number of carbonyl (C=O) groups excluding carboxylic acids is 1. The van der Waals surface area contributed by atoms with Gasteiger partial charge in [0.2, 0.25) is 0 Å². The number of hydrogen-bond acceptors (Lipinski definition) is 2. The third-order valence-electron chi connectivity index (χ3n) is 3.71. The summed E-state index contributed by atoms with van der Waals surface area (Å²) in [4.78, 5) is 12.4. The average molecular weight is 371 g/mol. The van der Waals surface area contributed by atoms with Gasteiger partial charge in [0, 0.05) is 17.9 Å². The second-order valence-electron chi connectivity index (χ2n) is 5.43. The van der Waals surface area contributed by atoms with Gasteiger partial charge in [-0.05, 0) is 35.9 Å². The van der Waals surface area contributed by atoms with Gasteiger partial charge in [0.05, 0.1) is 15.6 Å². The Labute approximate surface area is 156 Å². The lowest BCUT2D eigenvalue weighted by atomic mass is 10.1. The van der Waals surface area contributed by atoms with E-state index in [0.717, 1.165) is 16.9 Å². The molecule has 25 heavy (non-hydrogen) atoms. The van der Waals surface area contributed by atoms with Crippen molar-refractivity contribution in [3.63, 3.8) is 0 Å². The van der Waals surface area contributed by atoms with Crippen molar-refractivity contribution in [2.75, 3.05) is 5.32 Å². The minimum Gasteiger partial charge on any atom is -0.355 e. The molecule has 5 heteroatoms. The molecular formula is C20H16Cl2N2O. The number of carbonyl (C=O) groups is 1. The Morgan fingerprint density at radius 1 is 0.840 bits per heavy atom. The van der Waals surface area contributed by atoms with Gasteiger partial charge < -0.3 is 10.6 Å². The van der Waals surface area contributed by atoms with Crippen LogP contribution in [-0.4, -0.2) is 5.91 Å². The molecule has 0 aliphatic heterocycles. The maximum atomic E-state index is 12.4. The van der Waals surface area contributed by atoms with Crippen LogP contribution in [0.5, 0.6) is 0 Å². The Kier molecular flexibility index (Phi) is 5.59. The van der Waals surface area contributed by atoms with Crippen molar-refractivity contribution in [3.05, 3.63) is 94.0 Å². The van der Waals surface area contributed by atoms with Crippen molar-refractivity contribution >= 4 is 40.5 Å². The van der Waals surface area contributed by atoms with Crippen molar-refractivity contribution in [3.8, 4) is 0 Å². The number of nitrogens with one attached hydrogen (secondary N) is 2. The monoisotopic (exact) mass is 370 g/mol. The standard InChI is InChI=1S/C20H16Cl2N2O/c21-17-11-6-10-16(19(17)22)20(25)23-13-14-7-4-5-12-18(14)24-15-8-2-1-3-9-15/h1-12,24H,13H2,(H,23,25). The van der Waals surface area contributed by atoms with Crippen LogP contribution in [0, 0.1) is 0 Å². The van der Waals surface area contributed by atoms with Gasteiger partial charge in [-0.25, -0.2) is 0 Å². The Morgan fingerprint density at radius 3 is 2.36 bits per heavy atom. The summed E-state index contributed by atoms with van der Waals surface area (Å²) in [7, 11) is 0. The summed E-state index contributed by atoms with van der Waals surface area (Å²) in [6.07, 6.45) is 0. The van der Waals surface area contributed by atoms with Crippen molar-refractivity contribution in [2.45, 2.75) is 6.54 Å². The largest absolute Gasteiger partial charge is 0.355 e. The molecule has 3 nitrogen and oxygen atoms in total. The summed E-state index contributed by atoms with van der Waals surface area (Å²) in [6.45, 7) is 0.373. The molecule has 126 valence electrons. The summed E-state index contributed by atoms with van der Waals surface area (Å²) in [5, 5.41) is 6.87. The van der Waals surface area contributed by atoms with E-state index in [9.17, 15) is 4.79 Å². The first-order chi connectivity index (χ1) is 12.1. The maximum Gasteiger partial charge on any atom is 0.253 e. The highest BCUT2D eigenvalue weighted by Crippen LogP contribution is 2.26. The molecule has 1 amide bonds. The summed E-state index contributed by atoms with van der Waals surface area (Å²) in [6, 6.07) is 22.7. The number of benzene rings is 3. The molecule has 0 atom stereocenters. The molecule has 0 fully saturated rings. The number of para-hydroxylation sites is 2. The van der Waals surface area contributed by atoms with Crippen LogP contribution in [-0.2, 0) is 6.54 Å². The van der Waals surface area contributed by atoms with E-state index in [2.05, 4.69) is 10.6 Å². The second kappa shape index (κ2) is 8.06. The van der Waals surface area contributed by atoms with Gasteiger partial charge in [0.25, 0.3) is 5.91 Å². The fraction of sp³-hybridized carbons (Fsp3) is 0.0500. The molecule has 3 rings (SSSR count). The smallest absolute Gasteiger partial charge is 0.253 e. The zero-order chi connectivity index (χ0) is 17.6. The van der Waals surface area contributed by atoms with Gasteiger partial charge in [-0.2, -0.15) is 0 Å². The van der Waals surface area contributed by atoms with Gasteiger partial charge in [0.15, 0.2) is 0 Å². The van der Waals surface area contributed by atoms with Crippen LogP contribution in [0.25, 0.3) is 0 Å². The highest BCUT2D eigenvalue weighted by molar-refractivity contribution is 6.43. The lowest BCUT2D eigenvalue weighted by Crippen LogP contribution is -2.23. The quantitative estimate of drug-likeness (QED) is 0.607. The molecule has 0 unspecified atom stereocenters. The Morgan fingerprint density at radius 2 is 1.56 bits per heavy atom. The summed E-state index contributed by atoms with van der Waals surface area (Å²) in [5.41, 5.74) is 3.26. The van der Waals surface area contributed by atoms with Crippen LogP contribution in [0.2, 0.25) is 10.0 Å². The molecule has 0 saturated carbocycles. The van der Waals surface area contributed by atoms with Gasteiger partial charge in [-0.3, -0.25) is 4.79 Å². The number of rotatable bonds is 5. The Hall–Kier alpha value is -2.49. The number of halogens is 2. The van der Waals surface area contributed by atoms with Gasteiger partial charge in [0.1, 0.15) is 0 Å². The number of hydrogen-bond donors (Lipinski definition) is 2. The lowest BCUT2D eigenvalue weighted by molar-refractivity contribution is 0.0951. The molecule has 0 aromatic heterocycles. The second-order valence-corrected chi connectivity index (χ2v) is 6.22. The molecule has 3 aromatic rings. The minimum atomic E-state index is -0.262. The predicted octanol–water partition coefficient (Wildman–Crippen LogP) is 5.67. The first kappa shape index (κ1) is 17.3. The van der Waals surface area contributed by atoms with E-state index in [0.29, 0.717) is 17.1 Å². The maximum absolute atomic E-state index is 12.4. The third kappa shape index (κ3) is 4.32. The molecule has 0 heterocycles. The van der Waals surface area contributed by atoms with E-state index < -0.39 is 0 Å². The number of amides is 1. The van der Waals surface area contributed by atoms with E-state index in [1.165, 1.54) is 0 Å². The van der Waals surface area contributed by atoms with Crippen LogP contribution in [0.15, 0.2) is 72.8 Å². The normalized spacial score (nSPS) is 10.3.